The minimum atomic E-state index is -3.69. The summed E-state index contributed by atoms with van der Waals surface area (Å²) in [5.74, 6) is 0.394. The summed E-state index contributed by atoms with van der Waals surface area (Å²) in [4.78, 5) is 12.6. The lowest BCUT2D eigenvalue weighted by molar-refractivity contribution is -0.114. The van der Waals surface area contributed by atoms with Gasteiger partial charge in [-0.25, -0.2) is 8.42 Å². The number of nitrogens with zero attached hydrogens (tertiary/aromatic N) is 1. The molecule has 0 fully saturated rings. The zero-order chi connectivity index (χ0) is 20.3. The van der Waals surface area contributed by atoms with Crippen molar-refractivity contribution in [3.63, 3.8) is 0 Å². The molecule has 0 radical (unpaired) electrons. The molecule has 0 atom stereocenters. The first-order valence-electron chi connectivity index (χ1n) is 8.76. The summed E-state index contributed by atoms with van der Waals surface area (Å²) >= 11 is 5.93. The van der Waals surface area contributed by atoms with Gasteiger partial charge in [-0.05, 0) is 49.7 Å². The normalized spacial score (nSPS) is 13.1. The Kier molecular flexibility index (Phi) is 6.00. The first kappa shape index (κ1) is 20.3. The standard InChI is InChI=1S/C19H21ClN2O5S/c1-3-28(24,25)22(15-5-7-17-18(11-15)27-9-8-26-17)12-19(23)21-16-6-4-14(20)10-13(16)2/h4-7,10-11H,3,8-9,12H2,1-2H3,(H,21,23). The molecule has 1 heterocycles. The number of halogens is 1. The van der Waals surface area contributed by atoms with Crippen LogP contribution in [0, 0.1) is 6.92 Å². The molecule has 0 aromatic heterocycles. The average molecular weight is 425 g/mol. The van der Waals surface area contributed by atoms with Crippen molar-refractivity contribution in [1.29, 1.82) is 0 Å². The van der Waals surface area contributed by atoms with E-state index in [1.165, 1.54) is 6.92 Å². The molecular formula is C19H21ClN2O5S. The third-order valence-electron chi connectivity index (χ3n) is 4.26. The van der Waals surface area contributed by atoms with Gasteiger partial charge in [0.05, 0.1) is 11.4 Å². The zero-order valence-electron chi connectivity index (χ0n) is 15.6. The number of carbonyl (C=O) groups excluding carboxylic acids is 1. The second-order valence-corrected chi connectivity index (χ2v) is 8.86. The number of nitrogens with one attached hydrogen (secondary N) is 1. The highest BCUT2D eigenvalue weighted by atomic mass is 35.5. The minimum absolute atomic E-state index is 0.144. The molecule has 2 aromatic rings. The number of hydrogen-bond donors (Lipinski definition) is 1. The average Bonchev–Trinajstić information content (AvgIpc) is 2.68. The Morgan fingerprint density at radius 1 is 1.14 bits per heavy atom. The smallest absolute Gasteiger partial charge is 0.245 e. The molecule has 0 aliphatic carbocycles. The zero-order valence-corrected chi connectivity index (χ0v) is 17.1. The Labute approximate surface area is 169 Å². The van der Waals surface area contributed by atoms with E-state index in [-0.39, 0.29) is 12.3 Å². The number of anilines is 2. The number of ether oxygens (including phenoxy) is 2. The van der Waals surface area contributed by atoms with Gasteiger partial charge in [0.2, 0.25) is 15.9 Å². The largest absolute Gasteiger partial charge is 0.486 e. The number of hydrogen-bond acceptors (Lipinski definition) is 5. The Hall–Kier alpha value is -2.45. The predicted octanol–water partition coefficient (Wildman–Crippen LogP) is 3.21. The van der Waals surface area contributed by atoms with Crippen LogP contribution in [0.5, 0.6) is 11.5 Å². The van der Waals surface area contributed by atoms with E-state index in [1.54, 1.807) is 36.4 Å². The summed E-state index contributed by atoms with van der Waals surface area (Å²) in [5.41, 5.74) is 1.70. The van der Waals surface area contributed by atoms with E-state index in [0.29, 0.717) is 41.1 Å². The van der Waals surface area contributed by atoms with Crippen molar-refractivity contribution in [2.24, 2.45) is 0 Å². The molecule has 3 rings (SSSR count). The van der Waals surface area contributed by atoms with Crippen molar-refractivity contribution < 1.29 is 22.7 Å². The number of carbonyl (C=O) groups is 1. The Morgan fingerprint density at radius 2 is 1.86 bits per heavy atom. The Bertz CT molecular complexity index is 994. The molecular weight excluding hydrogens is 404 g/mol. The molecule has 9 heteroatoms. The maximum Gasteiger partial charge on any atom is 0.245 e. The van der Waals surface area contributed by atoms with Crippen molar-refractivity contribution in [1.82, 2.24) is 0 Å². The van der Waals surface area contributed by atoms with E-state index in [0.717, 1.165) is 9.87 Å². The van der Waals surface area contributed by atoms with E-state index in [1.807, 2.05) is 6.92 Å². The van der Waals surface area contributed by atoms with Crippen LogP contribution in [-0.2, 0) is 14.8 Å². The summed E-state index contributed by atoms with van der Waals surface area (Å²) in [6.45, 7) is 3.79. The molecule has 1 amide bonds. The van der Waals surface area contributed by atoms with Gasteiger partial charge in [-0.15, -0.1) is 0 Å². The van der Waals surface area contributed by atoms with Gasteiger partial charge >= 0.3 is 0 Å². The first-order chi connectivity index (χ1) is 13.3. The van der Waals surface area contributed by atoms with Crippen LogP contribution >= 0.6 is 11.6 Å². The molecule has 1 N–H and O–H groups in total. The number of rotatable bonds is 6. The third kappa shape index (κ3) is 4.51. The van der Waals surface area contributed by atoms with E-state index in [9.17, 15) is 13.2 Å². The molecule has 0 unspecified atom stereocenters. The lowest BCUT2D eigenvalue weighted by Gasteiger charge is -2.25. The molecule has 2 aromatic carbocycles. The molecule has 0 saturated carbocycles. The van der Waals surface area contributed by atoms with Crippen molar-refractivity contribution >= 4 is 38.9 Å². The maximum absolute atomic E-state index is 12.6. The van der Waals surface area contributed by atoms with Gasteiger partial charge in [0.25, 0.3) is 0 Å². The topological polar surface area (TPSA) is 84.9 Å². The van der Waals surface area contributed by atoms with Gasteiger partial charge in [0.15, 0.2) is 11.5 Å². The fourth-order valence-corrected chi connectivity index (χ4v) is 4.07. The van der Waals surface area contributed by atoms with Crippen molar-refractivity contribution in [3.05, 3.63) is 47.0 Å². The monoisotopic (exact) mass is 424 g/mol. The second kappa shape index (κ2) is 8.28. The molecule has 1 aliphatic rings. The maximum atomic E-state index is 12.6. The van der Waals surface area contributed by atoms with E-state index < -0.39 is 15.9 Å². The Morgan fingerprint density at radius 3 is 2.54 bits per heavy atom. The summed E-state index contributed by atoms with van der Waals surface area (Å²) in [6, 6.07) is 9.87. The van der Waals surface area contributed by atoms with Gasteiger partial charge in [-0.3, -0.25) is 9.10 Å². The number of fused-ring (bicyclic) bond motifs is 1. The SMILES string of the molecule is CCS(=O)(=O)N(CC(=O)Nc1ccc(Cl)cc1C)c1ccc2c(c1)OCCO2. The predicted molar refractivity (Wildman–Crippen MR) is 109 cm³/mol. The molecule has 0 saturated heterocycles. The molecule has 28 heavy (non-hydrogen) atoms. The lowest BCUT2D eigenvalue weighted by Crippen LogP contribution is -2.39. The molecule has 0 spiro atoms. The van der Waals surface area contributed by atoms with E-state index >= 15 is 0 Å². The van der Waals surface area contributed by atoms with Crippen LogP contribution in [0.1, 0.15) is 12.5 Å². The molecule has 0 bridgehead atoms. The molecule has 1 aliphatic heterocycles. The van der Waals surface area contributed by atoms with Gasteiger partial charge in [-0.2, -0.15) is 0 Å². The fraction of sp³-hybridized carbons (Fsp3) is 0.316. The quantitative estimate of drug-likeness (QED) is 0.769. The van der Waals surface area contributed by atoms with Crippen LogP contribution in [0.4, 0.5) is 11.4 Å². The lowest BCUT2D eigenvalue weighted by atomic mass is 10.2. The van der Waals surface area contributed by atoms with Crippen molar-refractivity contribution in [3.8, 4) is 11.5 Å². The van der Waals surface area contributed by atoms with E-state index in [2.05, 4.69) is 5.32 Å². The van der Waals surface area contributed by atoms with Crippen LogP contribution in [-0.4, -0.2) is 39.8 Å². The van der Waals surface area contributed by atoms with Crippen LogP contribution in [0.3, 0.4) is 0 Å². The van der Waals surface area contributed by atoms with E-state index in [4.69, 9.17) is 21.1 Å². The Balaban J connectivity index is 1.85. The highest BCUT2D eigenvalue weighted by molar-refractivity contribution is 7.92. The van der Waals surface area contributed by atoms with Crippen LogP contribution in [0.2, 0.25) is 5.02 Å². The second-order valence-electron chi connectivity index (χ2n) is 6.24. The van der Waals surface area contributed by atoms with Crippen molar-refractivity contribution in [2.45, 2.75) is 13.8 Å². The van der Waals surface area contributed by atoms with Gasteiger partial charge in [0.1, 0.15) is 19.8 Å². The number of sulfonamides is 1. The number of benzene rings is 2. The highest BCUT2D eigenvalue weighted by Crippen LogP contribution is 2.34. The highest BCUT2D eigenvalue weighted by Gasteiger charge is 2.25. The first-order valence-corrected chi connectivity index (χ1v) is 10.7. The van der Waals surface area contributed by atoms with Crippen molar-refractivity contribution in [2.75, 3.05) is 35.1 Å². The van der Waals surface area contributed by atoms with Crippen LogP contribution < -0.4 is 19.1 Å². The number of amides is 1. The van der Waals surface area contributed by atoms with Crippen LogP contribution in [0.15, 0.2) is 36.4 Å². The summed E-state index contributed by atoms with van der Waals surface area (Å²) in [5, 5.41) is 3.29. The summed E-state index contributed by atoms with van der Waals surface area (Å²) in [6.07, 6.45) is 0. The van der Waals surface area contributed by atoms with Gasteiger partial charge in [0, 0.05) is 16.8 Å². The third-order valence-corrected chi connectivity index (χ3v) is 6.24. The van der Waals surface area contributed by atoms with Gasteiger partial charge < -0.3 is 14.8 Å². The van der Waals surface area contributed by atoms with Crippen LogP contribution in [0.25, 0.3) is 0 Å². The summed E-state index contributed by atoms with van der Waals surface area (Å²) in [7, 11) is -3.69. The van der Waals surface area contributed by atoms with Gasteiger partial charge in [-0.1, -0.05) is 11.6 Å². The fourth-order valence-electron chi connectivity index (χ4n) is 2.78. The minimum Gasteiger partial charge on any atom is -0.486 e. The molecule has 7 nitrogen and oxygen atoms in total. The number of aryl methyl sites for hydroxylation is 1. The molecule has 150 valence electrons. The summed E-state index contributed by atoms with van der Waals surface area (Å²) < 4.78 is 37.3.